The van der Waals surface area contributed by atoms with Crippen molar-refractivity contribution in [3.63, 3.8) is 0 Å². The lowest BCUT2D eigenvalue weighted by Crippen LogP contribution is -2.11. The minimum atomic E-state index is 0.147. The van der Waals surface area contributed by atoms with E-state index in [2.05, 4.69) is 32.8 Å². The molecular formula is C13H13ClN4S. The average Bonchev–Trinajstić information content (AvgIpc) is 2.97. The van der Waals surface area contributed by atoms with Crippen molar-refractivity contribution in [1.29, 1.82) is 0 Å². The van der Waals surface area contributed by atoms with Crippen LogP contribution in [0.15, 0.2) is 30.0 Å². The first-order valence-electron chi connectivity index (χ1n) is 5.92. The van der Waals surface area contributed by atoms with E-state index >= 15 is 0 Å². The Kier molecular flexibility index (Phi) is 3.16. The molecule has 0 fully saturated rings. The van der Waals surface area contributed by atoms with E-state index in [0.29, 0.717) is 5.02 Å². The predicted octanol–water partition coefficient (Wildman–Crippen LogP) is 3.86. The minimum Gasteiger partial charge on any atom is -0.361 e. The largest absolute Gasteiger partial charge is 0.361 e. The summed E-state index contributed by atoms with van der Waals surface area (Å²) >= 11 is 7.73. The van der Waals surface area contributed by atoms with Crippen molar-refractivity contribution < 1.29 is 0 Å². The van der Waals surface area contributed by atoms with Crippen LogP contribution in [0.2, 0.25) is 5.02 Å². The van der Waals surface area contributed by atoms with Gasteiger partial charge in [0.05, 0.1) is 16.5 Å². The van der Waals surface area contributed by atoms with Gasteiger partial charge in [-0.25, -0.2) is 9.97 Å². The zero-order valence-corrected chi connectivity index (χ0v) is 12.2. The van der Waals surface area contributed by atoms with Crippen LogP contribution in [0.5, 0.6) is 0 Å². The maximum Gasteiger partial charge on any atom is 0.140 e. The first-order chi connectivity index (χ1) is 9.16. The van der Waals surface area contributed by atoms with E-state index in [9.17, 15) is 0 Å². The van der Waals surface area contributed by atoms with Crippen LogP contribution in [0.1, 0.15) is 18.7 Å². The number of halogens is 1. The number of aryl methyl sites for hydroxylation is 1. The molecule has 3 rings (SSSR count). The van der Waals surface area contributed by atoms with Gasteiger partial charge in [-0.3, -0.25) is 0 Å². The van der Waals surface area contributed by atoms with Gasteiger partial charge in [-0.1, -0.05) is 11.6 Å². The molecule has 0 bridgehead atoms. The predicted molar refractivity (Wildman–Crippen MR) is 79.9 cm³/mol. The second-order valence-corrected chi connectivity index (χ2v) is 5.66. The molecule has 0 aliphatic carbocycles. The normalized spacial score (nSPS) is 12.8. The number of thiophene rings is 1. The van der Waals surface area contributed by atoms with Gasteiger partial charge in [0.2, 0.25) is 0 Å². The maximum atomic E-state index is 6.20. The van der Waals surface area contributed by atoms with Crippen molar-refractivity contribution >= 4 is 39.0 Å². The Balaban J connectivity index is 1.98. The summed E-state index contributed by atoms with van der Waals surface area (Å²) < 4.78 is 2.09. The highest BCUT2D eigenvalue weighted by atomic mass is 35.5. The molecule has 0 radical (unpaired) electrons. The summed E-state index contributed by atoms with van der Waals surface area (Å²) in [6, 6.07) is 4.26. The third-order valence-electron chi connectivity index (χ3n) is 3.11. The quantitative estimate of drug-likeness (QED) is 0.797. The molecule has 0 aliphatic heterocycles. The number of anilines is 1. The number of nitrogens with one attached hydrogen (secondary N) is 1. The summed E-state index contributed by atoms with van der Waals surface area (Å²) in [5, 5.41) is 6.89. The van der Waals surface area contributed by atoms with Crippen molar-refractivity contribution in [1.82, 2.24) is 14.5 Å². The summed E-state index contributed by atoms with van der Waals surface area (Å²) in [7, 11) is 2.03. The van der Waals surface area contributed by atoms with Gasteiger partial charge in [0.1, 0.15) is 17.0 Å². The Bertz CT molecular complexity index is 718. The Hall–Kier alpha value is -1.59. The fourth-order valence-electron chi connectivity index (χ4n) is 2.15. The summed E-state index contributed by atoms with van der Waals surface area (Å²) in [5.41, 5.74) is 1.19. The van der Waals surface area contributed by atoms with E-state index < -0.39 is 0 Å². The molecule has 0 saturated heterocycles. The molecule has 0 amide bonds. The molecule has 98 valence electrons. The van der Waals surface area contributed by atoms with Crippen LogP contribution in [0.25, 0.3) is 10.2 Å². The Morgan fingerprint density at radius 2 is 2.26 bits per heavy atom. The van der Waals surface area contributed by atoms with E-state index in [1.165, 1.54) is 17.0 Å². The molecule has 0 aliphatic rings. The monoisotopic (exact) mass is 292 g/mol. The molecule has 19 heavy (non-hydrogen) atoms. The smallest absolute Gasteiger partial charge is 0.140 e. The number of fused-ring (bicyclic) bond motifs is 1. The van der Waals surface area contributed by atoms with E-state index in [-0.39, 0.29) is 6.04 Å². The van der Waals surface area contributed by atoms with Crippen LogP contribution in [0.3, 0.4) is 0 Å². The van der Waals surface area contributed by atoms with Gasteiger partial charge >= 0.3 is 0 Å². The number of rotatable bonds is 3. The van der Waals surface area contributed by atoms with E-state index in [1.807, 2.05) is 24.7 Å². The summed E-state index contributed by atoms with van der Waals surface area (Å²) in [5.74, 6) is 0.782. The van der Waals surface area contributed by atoms with Crippen molar-refractivity contribution in [3.05, 3.63) is 40.8 Å². The van der Waals surface area contributed by atoms with Crippen LogP contribution < -0.4 is 5.32 Å². The van der Waals surface area contributed by atoms with E-state index in [1.54, 1.807) is 6.33 Å². The van der Waals surface area contributed by atoms with Gasteiger partial charge in [0.25, 0.3) is 0 Å². The summed E-state index contributed by atoms with van der Waals surface area (Å²) in [4.78, 5) is 9.44. The van der Waals surface area contributed by atoms with Gasteiger partial charge in [-0.05, 0) is 19.1 Å². The van der Waals surface area contributed by atoms with E-state index in [4.69, 9.17) is 11.6 Å². The highest BCUT2D eigenvalue weighted by molar-refractivity contribution is 7.17. The molecule has 6 heteroatoms. The average molecular weight is 293 g/mol. The molecule has 3 heterocycles. The molecule has 1 atom stereocenters. The molecule has 1 N–H and O–H groups in total. The topological polar surface area (TPSA) is 42.7 Å². The third-order valence-corrected chi connectivity index (χ3v) is 4.42. The lowest BCUT2D eigenvalue weighted by atomic mass is 10.2. The second kappa shape index (κ2) is 4.83. The first-order valence-corrected chi connectivity index (χ1v) is 7.18. The van der Waals surface area contributed by atoms with Crippen LogP contribution in [0, 0.1) is 0 Å². The van der Waals surface area contributed by atoms with Crippen LogP contribution in [-0.2, 0) is 7.05 Å². The van der Waals surface area contributed by atoms with Gasteiger partial charge in [0, 0.05) is 24.3 Å². The molecule has 1 unspecified atom stereocenters. The molecule has 3 aromatic heterocycles. The highest BCUT2D eigenvalue weighted by Crippen LogP contribution is 2.34. The first kappa shape index (κ1) is 12.4. The molecule has 0 aromatic carbocycles. The lowest BCUT2D eigenvalue weighted by Gasteiger charge is -2.16. The van der Waals surface area contributed by atoms with Crippen molar-refractivity contribution in [2.75, 3.05) is 5.32 Å². The Morgan fingerprint density at radius 3 is 3.00 bits per heavy atom. The van der Waals surface area contributed by atoms with Crippen molar-refractivity contribution in [2.24, 2.45) is 7.05 Å². The van der Waals surface area contributed by atoms with Crippen LogP contribution in [0.4, 0.5) is 5.82 Å². The summed E-state index contributed by atoms with van der Waals surface area (Å²) in [6.07, 6.45) is 3.59. The van der Waals surface area contributed by atoms with Gasteiger partial charge < -0.3 is 9.88 Å². The van der Waals surface area contributed by atoms with Crippen molar-refractivity contribution in [3.8, 4) is 0 Å². The zero-order valence-electron chi connectivity index (χ0n) is 10.6. The second-order valence-electron chi connectivity index (χ2n) is 4.40. The molecular weight excluding hydrogens is 280 g/mol. The lowest BCUT2D eigenvalue weighted by molar-refractivity contribution is 0.749. The highest BCUT2D eigenvalue weighted by Gasteiger charge is 2.14. The van der Waals surface area contributed by atoms with E-state index in [0.717, 1.165) is 16.0 Å². The number of nitrogens with zero attached hydrogens (tertiary/aromatic N) is 3. The minimum absolute atomic E-state index is 0.147. The van der Waals surface area contributed by atoms with Crippen LogP contribution >= 0.6 is 22.9 Å². The molecule has 3 aromatic rings. The van der Waals surface area contributed by atoms with Gasteiger partial charge in [-0.2, -0.15) is 0 Å². The van der Waals surface area contributed by atoms with Crippen molar-refractivity contribution in [2.45, 2.75) is 13.0 Å². The molecule has 0 saturated carbocycles. The van der Waals surface area contributed by atoms with Crippen LogP contribution in [-0.4, -0.2) is 14.5 Å². The standard InChI is InChI=1S/C13H13ClN4S/c1-8(10-4-3-5-18(10)2)17-12-11-9(14)6-19-13(11)16-7-15-12/h3-8H,1-2H3,(H,15,16,17). The summed E-state index contributed by atoms with van der Waals surface area (Å²) in [6.45, 7) is 2.10. The third kappa shape index (κ3) is 2.19. The number of hydrogen-bond donors (Lipinski definition) is 1. The van der Waals surface area contributed by atoms with Gasteiger partial charge in [0.15, 0.2) is 0 Å². The zero-order chi connectivity index (χ0) is 13.4. The molecule has 0 spiro atoms. The fourth-order valence-corrected chi connectivity index (χ4v) is 3.29. The number of hydrogen-bond acceptors (Lipinski definition) is 4. The fraction of sp³-hybridized carbons (Fsp3) is 0.231. The van der Waals surface area contributed by atoms with Gasteiger partial charge in [-0.15, -0.1) is 11.3 Å². The Labute approximate surface area is 120 Å². The molecule has 4 nitrogen and oxygen atoms in total. The Morgan fingerprint density at radius 1 is 1.42 bits per heavy atom. The SMILES string of the molecule is CC(Nc1ncnc2scc(Cl)c12)c1cccn1C. The number of aromatic nitrogens is 3. The maximum absolute atomic E-state index is 6.20.